The van der Waals surface area contributed by atoms with Crippen LogP contribution in [0.3, 0.4) is 0 Å². The zero-order chi connectivity index (χ0) is 22.1. The highest BCUT2D eigenvalue weighted by atomic mass is 16.5. The molecule has 0 spiro atoms. The number of unbranched alkanes of at least 4 members (excludes halogenated alkanes) is 1. The van der Waals surface area contributed by atoms with Crippen LogP contribution < -0.4 is 10.1 Å². The Morgan fingerprint density at radius 2 is 2.11 bits per heavy atom. The van der Waals surface area contributed by atoms with Crippen molar-refractivity contribution in [2.75, 3.05) is 11.9 Å². The van der Waals surface area contributed by atoms with Gasteiger partial charge in [-0.15, -0.1) is 5.10 Å². The second-order valence-corrected chi connectivity index (χ2v) is 6.88. The molecule has 1 fully saturated rings. The van der Waals surface area contributed by atoms with Crippen molar-refractivity contribution in [3.8, 4) is 5.75 Å². The van der Waals surface area contributed by atoms with E-state index in [0.29, 0.717) is 51.0 Å². The molecule has 2 aliphatic rings. The van der Waals surface area contributed by atoms with Gasteiger partial charge in [0, 0.05) is 24.0 Å². The van der Waals surface area contributed by atoms with Crippen LogP contribution in [0.15, 0.2) is 18.2 Å². The van der Waals surface area contributed by atoms with Crippen LogP contribution >= 0.6 is 0 Å². The molecule has 7 heteroatoms. The summed E-state index contributed by atoms with van der Waals surface area (Å²) >= 11 is 0. The number of rotatable bonds is 7. The molecule has 7 nitrogen and oxygen atoms in total. The molecule has 0 unspecified atom stereocenters. The number of amides is 1. The molecule has 144 valence electrons. The van der Waals surface area contributed by atoms with Gasteiger partial charge in [0.1, 0.15) is 5.75 Å². The van der Waals surface area contributed by atoms with Crippen molar-refractivity contribution in [1.29, 1.82) is 0 Å². The largest absolute Gasteiger partial charge is 0.494 e. The van der Waals surface area contributed by atoms with Crippen LogP contribution in [0.4, 0.5) is 5.69 Å². The molecular weight excluding hydrogens is 342 g/mol. The van der Waals surface area contributed by atoms with Crippen molar-refractivity contribution in [2.24, 2.45) is 0 Å². The van der Waals surface area contributed by atoms with E-state index in [2.05, 4.69) is 20.8 Å². The Hall–Kier alpha value is -2.44. The highest BCUT2D eigenvalue weighted by Crippen LogP contribution is 2.28. The minimum Gasteiger partial charge on any atom is -0.494 e. The topological polar surface area (TPSA) is 81.9 Å². The number of nitrogens with one attached hydrogen (secondary N) is 1. The smallest absolute Gasteiger partial charge is 0.224 e. The average molecular weight is 373 g/mol. The molecule has 1 N–H and O–H groups in total. The zero-order valence-corrected chi connectivity index (χ0v) is 15.3. The summed E-state index contributed by atoms with van der Waals surface area (Å²) in [7, 11) is 0. The highest BCUT2D eigenvalue weighted by molar-refractivity contribution is 5.93. The van der Waals surface area contributed by atoms with Crippen LogP contribution in [0.5, 0.6) is 5.75 Å². The molecule has 2 aromatic rings. The summed E-state index contributed by atoms with van der Waals surface area (Å²) in [5, 5.41) is 14.5. The third-order valence-corrected chi connectivity index (χ3v) is 4.87. The number of aromatic nitrogens is 4. The van der Waals surface area contributed by atoms with Crippen molar-refractivity contribution < 1.29 is 15.0 Å². The fourth-order valence-corrected chi connectivity index (χ4v) is 3.41. The van der Waals surface area contributed by atoms with Gasteiger partial charge in [-0.1, -0.05) is 19.3 Å². The number of hydrogen-bond acceptors (Lipinski definition) is 5. The number of hydrogen-bond donors (Lipinski definition) is 1. The first kappa shape index (κ1) is 13.7. The van der Waals surface area contributed by atoms with E-state index in [0.717, 1.165) is 29.8 Å². The number of tetrazole rings is 1. The van der Waals surface area contributed by atoms with Crippen LogP contribution in [0, 0.1) is 0 Å². The Kier molecular flexibility index (Phi) is 4.31. The van der Waals surface area contributed by atoms with Crippen LogP contribution in [0.25, 0.3) is 0 Å². The van der Waals surface area contributed by atoms with Gasteiger partial charge in [-0.05, 0) is 66.2 Å². The number of carbonyl (C=O) groups is 1. The van der Waals surface area contributed by atoms with Gasteiger partial charge in [-0.25, -0.2) is 4.68 Å². The minimum absolute atomic E-state index is 0.0397. The van der Waals surface area contributed by atoms with Gasteiger partial charge >= 0.3 is 0 Å². The first-order valence-corrected chi connectivity index (χ1v) is 9.59. The molecule has 1 aromatic heterocycles. The van der Waals surface area contributed by atoms with E-state index in [1.807, 2.05) is 18.2 Å². The predicted molar refractivity (Wildman–Crippen MR) is 102 cm³/mol. The molecule has 0 radical (unpaired) electrons. The maximum absolute atomic E-state index is 11.4. The first-order chi connectivity index (χ1) is 14.8. The number of benzene rings is 1. The predicted octanol–water partition coefficient (Wildman–Crippen LogP) is 3.46. The number of carbonyl (C=O) groups excluding carboxylic acids is 1. The summed E-state index contributed by atoms with van der Waals surface area (Å²) < 4.78 is 40.4. The van der Waals surface area contributed by atoms with Gasteiger partial charge in [0.2, 0.25) is 5.91 Å². The molecule has 1 amide bonds. The van der Waals surface area contributed by atoms with Gasteiger partial charge < -0.3 is 10.1 Å². The lowest BCUT2D eigenvalue weighted by molar-refractivity contribution is -0.116. The Balaban J connectivity index is 1.31. The van der Waals surface area contributed by atoms with Gasteiger partial charge in [0.05, 0.1) is 12.6 Å². The molecular formula is C20H27N5O2. The number of anilines is 1. The van der Waals surface area contributed by atoms with Crippen LogP contribution in [0.1, 0.15) is 74.2 Å². The maximum atomic E-state index is 11.4. The molecule has 1 aliphatic carbocycles. The lowest BCUT2D eigenvalue weighted by atomic mass is 9.95. The molecule has 0 atom stereocenters. The summed E-state index contributed by atoms with van der Waals surface area (Å²) in [4.78, 5) is 11.4. The molecule has 1 saturated carbocycles. The van der Waals surface area contributed by atoms with Crippen LogP contribution in [0.2, 0.25) is 0 Å². The number of fused-ring (bicyclic) bond motifs is 1. The molecule has 1 aromatic carbocycles. The molecule has 0 bridgehead atoms. The van der Waals surface area contributed by atoms with Gasteiger partial charge in [-0.3, -0.25) is 4.79 Å². The Labute approximate surface area is 165 Å². The van der Waals surface area contributed by atoms with E-state index in [9.17, 15) is 4.79 Å². The Morgan fingerprint density at radius 3 is 3.00 bits per heavy atom. The average Bonchev–Trinajstić information content (AvgIpc) is 3.14. The van der Waals surface area contributed by atoms with Crippen molar-refractivity contribution in [3.63, 3.8) is 0 Å². The van der Waals surface area contributed by atoms with E-state index in [1.54, 1.807) is 0 Å². The van der Waals surface area contributed by atoms with Crippen LogP contribution in [-0.2, 0) is 17.6 Å². The van der Waals surface area contributed by atoms with E-state index < -0.39 is 18.8 Å². The number of ether oxygens (including phenoxy) is 1. The highest BCUT2D eigenvalue weighted by Gasteiger charge is 2.19. The molecule has 0 saturated heterocycles. The maximum Gasteiger partial charge on any atom is 0.224 e. The third-order valence-electron chi connectivity index (χ3n) is 4.87. The minimum atomic E-state index is -1.69. The van der Waals surface area contributed by atoms with Gasteiger partial charge in [0.25, 0.3) is 0 Å². The van der Waals surface area contributed by atoms with E-state index in [4.69, 9.17) is 10.2 Å². The monoisotopic (exact) mass is 373 g/mol. The molecule has 4 rings (SSSR count). The summed E-state index contributed by atoms with van der Waals surface area (Å²) in [5.74, 6) is 1.31. The summed E-state index contributed by atoms with van der Waals surface area (Å²) in [6.07, 6.45) is 0.942. The van der Waals surface area contributed by atoms with E-state index >= 15 is 0 Å². The summed E-state index contributed by atoms with van der Waals surface area (Å²) in [6, 6.07) is 4.65. The Morgan fingerprint density at radius 1 is 1.22 bits per heavy atom. The van der Waals surface area contributed by atoms with E-state index in [1.165, 1.54) is 4.68 Å². The summed E-state index contributed by atoms with van der Waals surface area (Å²) in [6.45, 7) is 0.512. The second-order valence-electron chi connectivity index (χ2n) is 6.88. The zero-order valence-electron chi connectivity index (χ0n) is 19.3. The van der Waals surface area contributed by atoms with Crippen molar-refractivity contribution >= 4 is 11.6 Å². The lowest BCUT2D eigenvalue weighted by Gasteiger charge is -2.22. The van der Waals surface area contributed by atoms with Gasteiger partial charge in [0.15, 0.2) is 5.82 Å². The van der Waals surface area contributed by atoms with Crippen LogP contribution in [-0.4, -0.2) is 32.7 Å². The number of nitrogens with zero attached hydrogens (tertiary/aromatic N) is 4. The third kappa shape index (κ3) is 4.46. The van der Waals surface area contributed by atoms with Crippen molar-refractivity contribution in [2.45, 2.75) is 70.2 Å². The quantitative estimate of drug-likeness (QED) is 0.752. The fourth-order valence-electron chi connectivity index (χ4n) is 3.41. The fraction of sp³-hybridized carbons (Fsp3) is 0.600. The van der Waals surface area contributed by atoms with Crippen molar-refractivity contribution in [3.05, 3.63) is 29.6 Å². The number of aryl methyl sites for hydroxylation is 2. The standard InChI is InChI=1S/C20H27N5O2/c26-20-12-9-15-14-17(10-11-18(15)21-20)27-13-5-4-8-19-22-23-24-25(19)16-6-2-1-3-7-16/h10-11,14,16H,1-9,12-13H2,(H,21,26)/i6D2,7D2. The molecule has 1 aliphatic heterocycles. The van der Waals surface area contributed by atoms with Gasteiger partial charge in [-0.2, -0.15) is 0 Å². The van der Waals surface area contributed by atoms with E-state index in [-0.39, 0.29) is 5.91 Å². The molecule has 2 heterocycles. The normalized spacial score (nSPS) is 23.3. The lowest BCUT2D eigenvalue weighted by Crippen LogP contribution is -2.18. The van der Waals surface area contributed by atoms with Crippen molar-refractivity contribution in [1.82, 2.24) is 20.2 Å². The second kappa shape index (κ2) is 8.50. The molecule has 27 heavy (non-hydrogen) atoms. The first-order valence-electron chi connectivity index (χ1n) is 11.6. The summed E-state index contributed by atoms with van der Waals surface area (Å²) in [5.41, 5.74) is 1.92. The SMILES string of the molecule is [2H]C1([2H])CCCC([2H])([2H])C1n1nnnc1CCCCOc1ccc2c(c1)CCC(=O)N2. The Bertz CT molecular complexity index is 933.